The van der Waals surface area contributed by atoms with Crippen molar-refractivity contribution in [2.75, 3.05) is 5.32 Å². The molecule has 0 saturated heterocycles. The van der Waals surface area contributed by atoms with Crippen molar-refractivity contribution in [1.82, 2.24) is 5.43 Å². The second kappa shape index (κ2) is 8.08. The molecule has 0 aliphatic rings. The Hall–Kier alpha value is -2.18. The Morgan fingerprint density at radius 3 is 2.58 bits per heavy atom. The van der Waals surface area contributed by atoms with Crippen LogP contribution in [0.4, 0.5) is 5.69 Å². The van der Waals surface area contributed by atoms with E-state index < -0.39 is 0 Å². The maximum atomic E-state index is 12.0. The second-order valence-corrected chi connectivity index (χ2v) is 7.18. The highest BCUT2D eigenvalue weighted by Crippen LogP contribution is 2.21. The van der Waals surface area contributed by atoms with Crippen molar-refractivity contribution in [2.24, 2.45) is 11.0 Å². The number of hydrazone groups is 1. The first-order valence-corrected chi connectivity index (χ1v) is 8.57. The van der Waals surface area contributed by atoms with E-state index in [-0.39, 0.29) is 17.7 Å². The standard InChI is InChI=1S/C17H18ClN3O2S/c1-10(2)16(22)19-13-6-4-5-12(9-13)11(3)20-21-17(23)14-7-8-15(18)24-14/h4-10H,1-3H3,(H,19,22)(H,21,23)/b20-11+. The maximum Gasteiger partial charge on any atom is 0.281 e. The smallest absolute Gasteiger partial charge is 0.281 e. The Balaban J connectivity index is 2.07. The second-order valence-electron chi connectivity index (χ2n) is 5.47. The molecule has 24 heavy (non-hydrogen) atoms. The quantitative estimate of drug-likeness (QED) is 0.618. The molecule has 5 nitrogen and oxygen atoms in total. The number of thiophene rings is 1. The molecule has 0 aliphatic carbocycles. The van der Waals surface area contributed by atoms with Crippen LogP contribution >= 0.6 is 22.9 Å². The van der Waals surface area contributed by atoms with Crippen molar-refractivity contribution in [3.05, 3.63) is 51.2 Å². The van der Waals surface area contributed by atoms with Crippen LogP contribution in [0.3, 0.4) is 0 Å². The minimum atomic E-state index is -0.310. The van der Waals surface area contributed by atoms with E-state index in [2.05, 4.69) is 15.8 Å². The molecule has 1 aromatic heterocycles. The third-order valence-electron chi connectivity index (χ3n) is 3.19. The summed E-state index contributed by atoms with van der Waals surface area (Å²) in [7, 11) is 0. The van der Waals surface area contributed by atoms with E-state index >= 15 is 0 Å². The van der Waals surface area contributed by atoms with Crippen molar-refractivity contribution in [3.8, 4) is 0 Å². The van der Waals surface area contributed by atoms with E-state index in [1.54, 1.807) is 19.1 Å². The van der Waals surface area contributed by atoms with Gasteiger partial charge in [-0.15, -0.1) is 11.3 Å². The maximum absolute atomic E-state index is 12.0. The molecule has 2 amide bonds. The number of hydrogen-bond donors (Lipinski definition) is 2. The fourth-order valence-corrected chi connectivity index (χ4v) is 2.73. The summed E-state index contributed by atoms with van der Waals surface area (Å²) in [4.78, 5) is 24.2. The SMILES string of the molecule is C/C(=N\NC(=O)c1ccc(Cl)s1)c1cccc(NC(=O)C(C)C)c1. The van der Waals surface area contributed by atoms with Gasteiger partial charge in [0.05, 0.1) is 14.9 Å². The zero-order valence-corrected chi connectivity index (χ0v) is 15.2. The molecular weight excluding hydrogens is 346 g/mol. The van der Waals surface area contributed by atoms with Gasteiger partial charge in [0.15, 0.2) is 0 Å². The predicted molar refractivity (Wildman–Crippen MR) is 98.9 cm³/mol. The van der Waals surface area contributed by atoms with Crippen LogP contribution in [0.15, 0.2) is 41.5 Å². The summed E-state index contributed by atoms with van der Waals surface area (Å²) in [5.41, 5.74) is 4.63. The molecule has 1 aromatic carbocycles. The third-order valence-corrected chi connectivity index (χ3v) is 4.42. The Bertz CT molecular complexity index is 784. The van der Waals surface area contributed by atoms with Crippen LogP contribution in [0, 0.1) is 5.92 Å². The molecular formula is C17H18ClN3O2S. The number of nitrogens with one attached hydrogen (secondary N) is 2. The largest absolute Gasteiger partial charge is 0.326 e. The van der Waals surface area contributed by atoms with Crippen molar-refractivity contribution in [2.45, 2.75) is 20.8 Å². The molecule has 2 N–H and O–H groups in total. The van der Waals surface area contributed by atoms with Crippen molar-refractivity contribution in [1.29, 1.82) is 0 Å². The zero-order valence-electron chi connectivity index (χ0n) is 13.6. The Morgan fingerprint density at radius 1 is 1.21 bits per heavy atom. The number of halogens is 1. The summed E-state index contributed by atoms with van der Waals surface area (Å²) < 4.78 is 0.550. The number of carbonyl (C=O) groups is 2. The van der Waals surface area contributed by atoms with Gasteiger partial charge < -0.3 is 5.32 Å². The molecule has 0 spiro atoms. The van der Waals surface area contributed by atoms with Gasteiger partial charge in [0.2, 0.25) is 5.91 Å². The van der Waals surface area contributed by atoms with Gasteiger partial charge in [-0.2, -0.15) is 5.10 Å². The lowest BCUT2D eigenvalue weighted by Crippen LogP contribution is -2.19. The lowest BCUT2D eigenvalue weighted by molar-refractivity contribution is -0.118. The first-order chi connectivity index (χ1) is 11.4. The monoisotopic (exact) mass is 363 g/mol. The van der Waals surface area contributed by atoms with Gasteiger partial charge in [0.25, 0.3) is 5.91 Å². The molecule has 0 radical (unpaired) electrons. The van der Waals surface area contributed by atoms with E-state index in [9.17, 15) is 9.59 Å². The normalized spacial score (nSPS) is 11.5. The minimum Gasteiger partial charge on any atom is -0.326 e. The van der Waals surface area contributed by atoms with E-state index in [4.69, 9.17) is 11.6 Å². The Kier molecular flexibility index (Phi) is 6.11. The molecule has 2 aromatic rings. The summed E-state index contributed by atoms with van der Waals surface area (Å²) in [6, 6.07) is 10.6. The van der Waals surface area contributed by atoms with Crippen molar-refractivity contribution >= 4 is 46.2 Å². The summed E-state index contributed by atoms with van der Waals surface area (Å²) in [6.45, 7) is 5.45. The van der Waals surface area contributed by atoms with Crippen LogP contribution in [-0.4, -0.2) is 17.5 Å². The highest BCUT2D eigenvalue weighted by Gasteiger charge is 2.09. The highest BCUT2D eigenvalue weighted by atomic mass is 35.5. The van der Waals surface area contributed by atoms with E-state index in [1.165, 1.54) is 11.3 Å². The van der Waals surface area contributed by atoms with Gasteiger partial charge in [0, 0.05) is 11.6 Å². The van der Waals surface area contributed by atoms with Crippen molar-refractivity contribution < 1.29 is 9.59 Å². The number of rotatable bonds is 5. The molecule has 0 saturated carbocycles. The van der Waals surface area contributed by atoms with E-state index in [0.29, 0.717) is 20.6 Å². The molecule has 0 aliphatic heterocycles. The molecule has 0 fully saturated rings. The number of anilines is 1. The minimum absolute atomic E-state index is 0.0513. The first kappa shape index (κ1) is 18.2. The summed E-state index contributed by atoms with van der Waals surface area (Å²) in [5.74, 6) is -0.458. The number of nitrogens with zero attached hydrogens (tertiary/aromatic N) is 1. The molecule has 0 atom stereocenters. The molecule has 1 heterocycles. The third kappa shape index (κ3) is 4.91. The number of carbonyl (C=O) groups excluding carboxylic acids is 2. The van der Waals surface area contributed by atoms with Gasteiger partial charge in [0.1, 0.15) is 0 Å². The molecule has 126 valence electrons. The van der Waals surface area contributed by atoms with Crippen LogP contribution in [0.1, 0.15) is 36.0 Å². The number of amides is 2. The fraction of sp³-hybridized carbons (Fsp3) is 0.235. The zero-order chi connectivity index (χ0) is 17.7. The highest BCUT2D eigenvalue weighted by molar-refractivity contribution is 7.17. The first-order valence-electron chi connectivity index (χ1n) is 7.38. The average Bonchev–Trinajstić information content (AvgIpc) is 2.99. The van der Waals surface area contributed by atoms with Gasteiger partial charge in [-0.3, -0.25) is 9.59 Å². The topological polar surface area (TPSA) is 70.6 Å². The van der Waals surface area contributed by atoms with Crippen LogP contribution in [0.2, 0.25) is 4.34 Å². The van der Waals surface area contributed by atoms with Gasteiger partial charge in [-0.1, -0.05) is 37.6 Å². The van der Waals surface area contributed by atoms with E-state index in [1.807, 2.05) is 38.1 Å². The average molecular weight is 364 g/mol. The van der Waals surface area contributed by atoms with Crippen LogP contribution in [0.5, 0.6) is 0 Å². The Labute approximate surface area is 149 Å². The summed E-state index contributed by atoms with van der Waals surface area (Å²) in [6.07, 6.45) is 0. The van der Waals surface area contributed by atoms with Gasteiger partial charge in [-0.05, 0) is 36.8 Å². The summed E-state index contributed by atoms with van der Waals surface area (Å²) >= 11 is 7.00. The van der Waals surface area contributed by atoms with E-state index in [0.717, 1.165) is 5.56 Å². The summed E-state index contributed by atoms with van der Waals surface area (Å²) in [5, 5.41) is 6.94. The Morgan fingerprint density at radius 2 is 1.96 bits per heavy atom. The molecule has 0 unspecified atom stereocenters. The van der Waals surface area contributed by atoms with Gasteiger partial charge in [-0.25, -0.2) is 5.43 Å². The van der Waals surface area contributed by atoms with Gasteiger partial charge >= 0.3 is 0 Å². The fourth-order valence-electron chi connectivity index (χ4n) is 1.80. The lowest BCUT2D eigenvalue weighted by atomic mass is 10.1. The predicted octanol–water partition coefficient (Wildman–Crippen LogP) is 4.15. The van der Waals surface area contributed by atoms with Crippen LogP contribution < -0.4 is 10.7 Å². The number of benzene rings is 1. The van der Waals surface area contributed by atoms with Crippen LogP contribution in [-0.2, 0) is 4.79 Å². The molecule has 2 rings (SSSR count). The van der Waals surface area contributed by atoms with Crippen LogP contribution in [0.25, 0.3) is 0 Å². The molecule has 7 heteroatoms. The molecule has 0 bridgehead atoms. The lowest BCUT2D eigenvalue weighted by Gasteiger charge is -2.09. The number of hydrogen-bond acceptors (Lipinski definition) is 4. The van der Waals surface area contributed by atoms with Crippen molar-refractivity contribution in [3.63, 3.8) is 0 Å².